The second-order valence-electron chi connectivity index (χ2n) is 5.75. The maximum atomic E-state index is 12.6. The lowest BCUT2D eigenvalue weighted by Gasteiger charge is -2.21. The predicted molar refractivity (Wildman–Crippen MR) is 92.7 cm³/mol. The van der Waals surface area contributed by atoms with Gasteiger partial charge in [0.05, 0.1) is 11.5 Å². The van der Waals surface area contributed by atoms with Crippen LogP contribution in [0.25, 0.3) is 10.8 Å². The Morgan fingerprint density at radius 1 is 1.12 bits per heavy atom. The van der Waals surface area contributed by atoms with E-state index in [1.54, 1.807) is 32.9 Å². The molecule has 0 aliphatic carbocycles. The van der Waals surface area contributed by atoms with E-state index in [0.29, 0.717) is 6.61 Å². The topological polar surface area (TPSA) is 84.5 Å². The van der Waals surface area contributed by atoms with Gasteiger partial charge >= 0.3 is 0 Å². The fourth-order valence-electron chi connectivity index (χ4n) is 2.27. The summed E-state index contributed by atoms with van der Waals surface area (Å²) in [4.78, 5) is 17.1. The molecule has 1 atom stereocenters. The molecule has 0 aliphatic heterocycles. The number of hydrogen-bond acceptors (Lipinski definition) is 4. The zero-order chi connectivity index (χ0) is 17.7. The third-order valence-corrected chi connectivity index (χ3v) is 5.02. The van der Waals surface area contributed by atoms with Gasteiger partial charge in [0.2, 0.25) is 10.0 Å². The van der Waals surface area contributed by atoms with Crippen molar-refractivity contribution in [2.45, 2.75) is 31.7 Å². The van der Waals surface area contributed by atoms with Gasteiger partial charge in [-0.15, -0.1) is 0 Å². The standard InChI is InChI=1S/C17H22N2O4S/c1-4-23-18-17(20)16(12(2)3)19-24(21,22)15-10-9-13-7-5-6-8-14(13)11-15/h5-12,16,19H,4H2,1-3H3,(H,18,20). The highest BCUT2D eigenvalue weighted by molar-refractivity contribution is 7.89. The van der Waals surface area contributed by atoms with Crippen LogP contribution in [0.1, 0.15) is 20.8 Å². The van der Waals surface area contributed by atoms with E-state index in [9.17, 15) is 13.2 Å². The molecule has 1 amide bonds. The second-order valence-corrected chi connectivity index (χ2v) is 7.47. The molecule has 0 aliphatic rings. The SMILES string of the molecule is CCONC(=O)C(NS(=O)(=O)c1ccc2ccccc2c1)C(C)C. The lowest BCUT2D eigenvalue weighted by atomic mass is 10.1. The van der Waals surface area contributed by atoms with E-state index in [4.69, 9.17) is 4.84 Å². The maximum absolute atomic E-state index is 12.6. The smallest absolute Gasteiger partial charge is 0.261 e. The first kappa shape index (κ1) is 18.4. The van der Waals surface area contributed by atoms with E-state index in [-0.39, 0.29) is 10.8 Å². The molecule has 2 N–H and O–H groups in total. The first-order valence-corrected chi connectivity index (χ1v) is 9.26. The zero-order valence-corrected chi connectivity index (χ0v) is 14.8. The minimum atomic E-state index is -3.83. The fraction of sp³-hybridized carbons (Fsp3) is 0.353. The fourth-order valence-corrected chi connectivity index (χ4v) is 3.65. The van der Waals surface area contributed by atoms with E-state index in [1.807, 2.05) is 24.3 Å². The average molecular weight is 350 g/mol. The molecule has 0 heterocycles. The summed E-state index contributed by atoms with van der Waals surface area (Å²) in [5.74, 6) is -0.753. The zero-order valence-electron chi connectivity index (χ0n) is 13.9. The molecule has 0 radical (unpaired) electrons. The van der Waals surface area contributed by atoms with Crippen LogP contribution in [-0.4, -0.2) is 27.0 Å². The van der Waals surface area contributed by atoms with Crippen molar-refractivity contribution >= 4 is 26.7 Å². The highest BCUT2D eigenvalue weighted by Crippen LogP contribution is 2.19. The molecule has 130 valence electrons. The number of hydrogen-bond donors (Lipinski definition) is 2. The highest BCUT2D eigenvalue weighted by Gasteiger charge is 2.28. The van der Waals surface area contributed by atoms with Crippen LogP contribution in [0.4, 0.5) is 0 Å². The number of benzene rings is 2. The number of nitrogens with one attached hydrogen (secondary N) is 2. The van der Waals surface area contributed by atoms with Crippen LogP contribution in [0, 0.1) is 5.92 Å². The molecule has 2 aromatic rings. The number of carbonyl (C=O) groups excluding carboxylic acids is 1. The maximum Gasteiger partial charge on any atom is 0.261 e. The quantitative estimate of drug-likeness (QED) is 0.750. The average Bonchev–Trinajstić information content (AvgIpc) is 2.56. The van der Waals surface area contributed by atoms with Gasteiger partial charge in [0.15, 0.2) is 0 Å². The third-order valence-electron chi connectivity index (χ3n) is 3.58. The van der Waals surface area contributed by atoms with Gasteiger partial charge < -0.3 is 0 Å². The van der Waals surface area contributed by atoms with Crippen molar-refractivity contribution in [3.63, 3.8) is 0 Å². The Kier molecular flexibility index (Phi) is 5.93. The number of rotatable bonds is 7. The van der Waals surface area contributed by atoms with Crippen LogP contribution >= 0.6 is 0 Å². The third kappa shape index (κ3) is 4.31. The van der Waals surface area contributed by atoms with Crippen LogP contribution in [0.3, 0.4) is 0 Å². The summed E-state index contributed by atoms with van der Waals surface area (Å²) in [6.07, 6.45) is 0. The second kappa shape index (κ2) is 7.74. The van der Waals surface area contributed by atoms with Crippen molar-refractivity contribution in [1.29, 1.82) is 0 Å². The monoisotopic (exact) mass is 350 g/mol. The lowest BCUT2D eigenvalue weighted by Crippen LogP contribution is -2.49. The number of fused-ring (bicyclic) bond motifs is 1. The van der Waals surface area contributed by atoms with Crippen LogP contribution in [0.15, 0.2) is 47.4 Å². The molecule has 7 heteroatoms. The molecule has 0 aromatic heterocycles. The summed E-state index contributed by atoms with van der Waals surface area (Å²) in [6, 6.07) is 11.4. The molecule has 2 rings (SSSR count). The molecule has 24 heavy (non-hydrogen) atoms. The Morgan fingerprint density at radius 3 is 2.42 bits per heavy atom. The number of amides is 1. The Balaban J connectivity index is 2.28. The summed E-state index contributed by atoms with van der Waals surface area (Å²) in [7, 11) is -3.83. The van der Waals surface area contributed by atoms with E-state index in [2.05, 4.69) is 10.2 Å². The molecule has 2 aromatic carbocycles. The Morgan fingerprint density at radius 2 is 1.79 bits per heavy atom. The van der Waals surface area contributed by atoms with Crippen molar-refractivity contribution in [3.05, 3.63) is 42.5 Å². The number of sulfonamides is 1. The highest BCUT2D eigenvalue weighted by atomic mass is 32.2. The van der Waals surface area contributed by atoms with E-state index in [1.165, 1.54) is 6.07 Å². The van der Waals surface area contributed by atoms with Gasteiger partial charge in [-0.25, -0.2) is 13.9 Å². The normalized spacial score (nSPS) is 13.2. The molecule has 0 saturated carbocycles. The van der Waals surface area contributed by atoms with Gasteiger partial charge in [-0.05, 0) is 35.7 Å². The Labute approximate surface area is 142 Å². The largest absolute Gasteiger partial charge is 0.274 e. The van der Waals surface area contributed by atoms with Gasteiger partial charge in [0.25, 0.3) is 5.91 Å². The van der Waals surface area contributed by atoms with Gasteiger partial charge in [0, 0.05) is 0 Å². The number of hydroxylamine groups is 1. The summed E-state index contributed by atoms with van der Waals surface area (Å²) < 4.78 is 27.7. The minimum absolute atomic E-state index is 0.121. The molecular weight excluding hydrogens is 328 g/mol. The first-order valence-electron chi connectivity index (χ1n) is 7.78. The van der Waals surface area contributed by atoms with Crippen LogP contribution in [0.5, 0.6) is 0 Å². The number of carbonyl (C=O) groups is 1. The molecule has 1 unspecified atom stereocenters. The summed E-state index contributed by atoms with van der Waals surface area (Å²) in [5.41, 5.74) is 2.25. The van der Waals surface area contributed by atoms with Crippen molar-refractivity contribution in [3.8, 4) is 0 Å². The molecule has 0 spiro atoms. The van der Waals surface area contributed by atoms with Gasteiger partial charge in [-0.3, -0.25) is 9.63 Å². The van der Waals surface area contributed by atoms with Crippen molar-refractivity contribution in [1.82, 2.24) is 10.2 Å². The van der Waals surface area contributed by atoms with Gasteiger partial charge in [0.1, 0.15) is 6.04 Å². The predicted octanol–water partition coefficient (Wildman–Crippen LogP) is 2.21. The Bertz CT molecular complexity index is 818. The van der Waals surface area contributed by atoms with Crippen molar-refractivity contribution in [2.24, 2.45) is 5.92 Å². The van der Waals surface area contributed by atoms with Crippen molar-refractivity contribution < 1.29 is 18.0 Å². The Hall–Kier alpha value is -1.96. The molecule has 6 nitrogen and oxygen atoms in total. The molecule has 0 saturated heterocycles. The van der Waals surface area contributed by atoms with Crippen molar-refractivity contribution in [2.75, 3.05) is 6.61 Å². The van der Waals surface area contributed by atoms with E-state index >= 15 is 0 Å². The summed E-state index contributed by atoms with van der Waals surface area (Å²) in [5, 5.41) is 1.77. The first-order chi connectivity index (χ1) is 11.3. The summed E-state index contributed by atoms with van der Waals surface area (Å²) in [6.45, 7) is 5.55. The van der Waals surface area contributed by atoms with E-state index < -0.39 is 22.0 Å². The van der Waals surface area contributed by atoms with E-state index in [0.717, 1.165) is 10.8 Å². The molecule has 0 bridgehead atoms. The van der Waals surface area contributed by atoms with Crippen LogP contribution < -0.4 is 10.2 Å². The minimum Gasteiger partial charge on any atom is -0.274 e. The van der Waals surface area contributed by atoms with Gasteiger partial charge in [-0.1, -0.05) is 44.2 Å². The summed E-state index contributed by atoms with van der Waals surface area (Å²) >= 11 is 0. The van der Waals surface area contributed by atoms with Crippen LogP contribution in [0.2, 0.25) is 0 Å². The molecular formula is C17H22N2O4S. The lowest BCUT2D eigenvalue weighted by molar-refractivity contribution is -0.135. The van der Waals surface area contributed by atoms with Gasteiger partial charge in [-0.2, -0.15) is 4.72 Å². The van der Waals surface area contributed by atoms with Crippen LogP contribution in [-0.2, 0) is 19.7 Å². The molecule has 0 fully saturated rings.